The van der Waals surface area contributed by atoms with E-state index in [1.165, 1.54) is 0 Å². The van der Waals surface area contributed by atoms with Gasteiger partial charge in [-0.05, 0) is 49.7 Å². The minimum Gasteiger partial charge on any atom is -0.496 e. The molecule has 1 atom stereocenters. The Morgan fingerprint density at radius 3 is 2.54 bits per heavy atom. The van der Waals surface area contributed by atoms with Crippen molar-refractivity contribution in [2.45, 2.75) is 38.8 Å². The Balaban J connectivity index is 1.71. The number of benzene rings is 3. The number of hydrogen-bond acceptors (Lipinski definition) is 3. The number of methoxy groups -OCH3 is 1. The molecule has 0 spiro atoms. The van der Waals surface area contributed by atoms with Crippen LogP contribution >= 0.6 is 0 Å². The van der Waals surface area contributed by atoms with Crippen LogP contribution in [0.25, 0.3) is 10.8 Å². The van der Waals surface area contributed by atoms with Crippen molar-refractivity contribution in [3.8, 4) is 11.5 Å². The van der Waals surface area contributed by atoms with Gasteiger partial charge in [-0.2, -0.15) is 0 Å². The van der Waals surface area contributed by atoms with Gasteiger partial charge in [0.25, 0.3) is 5.91 Å². The number of aryl methyl sites for hydroxylation is 1. The normalized spacial score (nSPS) is 17.5. The van der Waals surface area contributed by atoms with E-state index in [4.69, 9.17) is 9.47 Å². The Kier molecular flexibility index (Phi) is 4.50. The maximum absolute atomic E-state index is 13.2. The van der Waals surface area contributed by atoms with E-state index in [0.717, 1.165) is 27.6 Å². The van der Waals surface area contributed by atoms with Crippen molar-refractivity contribution in [1.29, 1.82) is 0 Å². The summed E-state index contributed by atoms with van der Waals surface area (Å²) in [6.07, 6.45) is 0.699. The first-order valence-corrected chi connectivity index (χ1v) is 9.53. The van der Waals surface area contributed by atoms with E-state index in [1.54, 1.807) is 7.11 Å². The van der Waals surface area contributed by atoms with Crippen molar-refractivity contribution in [3.05, 3.63) is 71.3 Å². The first-order chi connectivity index (χ1) is 13.4. The van der Waals surface area contributed by atoms with E-state index in [2.05, 4.69) is 11.4 Å². The number of hydrogen-bond donors (Lipinski definition) is 1. The molecule has 3 aromatic carbocycles. The Bertz CT molecular complexity index is 1050. The predicted octanol–water partition coefficient (Wildman–Crippen LogP) is 5.19. The lowest BCUT2D eigenvalue weighted by molar-refractivity contribution is 0.0618. The molecule has 4 nitrogen and oxygen atoms in total. The average molecular weight is 375 g/mol. The summed E-state index contributed by atoms with van der Waals surface area (Å²) in [6, 6.07) is 17.8. The van der Waals surface area contributed by atoms with E-state index in [-0.39, 0.29) is 17.6 Å². The number of carbonyl (C=O) groups excluding carboxylic acids is 1. The van der Waals surface area contributed by atoms with Crippen LogP contribution in [0, 0.1) is 6.92 Å². The van der Waals surface area contributed by atoms with E-state index in [0.29, 0.717) is 17.7 Å². The van der Waals surface area contributed by atoms with Gasteiger partial charge in [-0.1, -0.05) is 42.0 Å². The SMILES string of the molecule is COc1cc2ccccc2cc1C(=O)NC1CC(C)(C)Oc2ccc(C)cc21. The highest BCUT2D eigenvalue weighted by Crippen LogP contribution is 2.40. The van der Waals surface area contributed by atoms with Crippen LogP contribution in [0.3, 0.4) is 0 Å². The van der Waals surface area contributed by atoms with Crippen LogP contribution in [-0.2, 0) is 0 Å². The summed E-state index contributed by atoms with van der Waals surface area (Å²) in [4.78, 5) is 13.2. The number of ether oxygens (including phenoxy) is 2. The predicted molar refractivity (Wildman–Crippen MR) is 111 cm³/mol. The standard InChI is InChI=1S/C24H25NO3/c1-15-9-10-21-18(11-15)20(14-24(2,3)28-21)25-23(26)19-12-16-7-5-6-8-17(16)13-22(19)27-4/h5-13,20H,14H2,1-4H3,(H,25,26). The summed E-state index contributed by atoms with van der Waals surface area (Å²) in [5, 5.41) is 5.27. The topological polar surface area (TPSA) is 47.6 Å². The molecule has 4 rings (SSSR count). The summed E-state index contributed by atoms with van der Waals surface area (Å²) >= 11 is 0. The highest BCUT2D eigenvalue weighted by atomic mass is 16.5. The molecule has 1 heterocycles. The van der Waals surface area contributed by atoms with Crippen LogP contribution < -0.4 is 14.8 Å². The van der Waals surface area contributed by atoms with Crippen LogP contribution in [-0.4, -0.2) is 18.6 Å². The van der Waals surface area contributed by atoms with Crippen molar-refractivity contribution in [1.82, 2.24) is 5.32 Å². The van der Waals surface area contributed by atoms with Crippen molar-refractivity contribution in [3.63, 3.8) is 0 Å². The van der Waals surface area contributed by atoms with Gasteiger partial charge in [0.15, 0.2) is 0 Å². The van der Waals surface area contributed by atoms with Crippen molar-refractivity contribution in [2.75, 3.05) is 7.11 Å². The minimum atomic E-state index is -0.353. The van der Waals surface area contributed by atoms with Gasteiger partial charge >= 0.3 is 0 Å². The fourth-order valence-corrected chi connectivity index (χ4v) is 3.90. The van der Waals surface area contributed by atoms with E-state index in [9.17, 15) is 4.79 Å². The Morgan fingerprint density at radius 1 is 1.11 bits per heavy atom. The van der Waals surface area contributed by atoms with Gasteiger partial charge < -0.3 is 14.8 Å². The quantitative estimate of drug-likeness (QED) is 0.685. The largest absolute Gasteiger partial charge is 0.496 e. The monoisotopic (exact) mass is 375 g/mol. The maximum Gasteiger partial charge on any atom is 0.255 e. The third kappa shape index (κ3) is 3.42. The molecule has 0 aromatic heterocycles. The van der Waals surface area contributed by atoms with Gasteiger partial charge in [0, 0.05) is 12.0 Å². The molecule has 3 aromatic rings. The molecule has 1 aliphatic rings. The van der Waals surface area contributed by atoms with Crippen molar-refractivity contribution < 1.29 is 14.3 Å². The molecule has 0 fully saturated rings. The van der Waals surface area contributed by atoms with Crippen molar-refractivity contribution in [2.24, 2.45) is 0 Å². The maximum atomic E-state index is 13.2. The number of nitrogens with one attached hydrogen (secondary N) is 1. The first-order valence-electron chi connectivity index (χ1n) is 9.53. The van der Waals surface area contributed by atoms with Gasteiger partial charge in [0.1, 0.15) is 17.1 Å². The van der Waals surface area contributed by atoms with Crippen molar-refractivity contribution >= 4 is 16.7 Å². The smallest absolute Gasteiger partial charge is 0.255 e. The van der Waals surface area contributed by atoms with Crippen LogP contribution in [0.15, 0.2) is 54.6 Å². The number of amides is 1. The molecule has 0 radical (unpaired) electrons. The summed E-state index contributed by atoms with van der Waals surface area (Å²) in [6.45, 7) is 6.14. The Labute approximate surface area is 165 Å². The molecule has 0 bridgehead atoms. The van der Waals surface area contributed by atoms with E-state index < -0.39 is 0 Å². The third-order valence-electron chi connectivity index (χ3n) is 5.24. The number of fused-ring (bicyclic) bond motifs is 2. The molecule has 0 aliphatic carbocycles. The summed E-state index contributed by atoms with van der Waals surface area (Å²) in [5.41, 5.74) is 2.35. The lowest BCUT2D eigenvalue weighted by Gasteiger charge is -2.38. The zero-order valence-electron chi connectivity index (χ0n) is 16.7. The molecule has 144 valence electrons. The number of carbonyl (C=O) groups is 1. The molecule has 0 saturated carbocycles. The van der Waals surface area contributed by atoms with E-state index in [1.807, 2.05) is 69.3 Å². The lowest BCUT2D eigenvalue weighted by atomic mass is 9.88. The fourth-order valence-electron chi connectivity index (χ4n) is 3.90. The average Bonchev–Trinajstić information content (AvgIpc) is 2.66. The summed E-state index contributed by atoms with van der Waals surface area (Å²) in [5.74, 6) is 1.27. The first kappa shape index (κ1) is 18.4. The second kappa shape index (κ2) is 6.86. The van der Waals surface area contributed by atoms with E-state index >= 15 is 0 Å². The zero-order chi connectivity index (χ0) is 19.9. The molecule has 0 saturated heterocycles. The van der Waals surface area contributed by atoms with Crippen LogP contribution in [0.4, 0.5) is 0 Å². The molecule has 1 amide bonds. The Morgan fingerprint density at radius 2 is 1.82 bits per heavy atom. The van der Waals surface area contributed by atoms with Gasteiger partial charge in [-0.15, -0.1) is 0 Å². The molecular weight excluding hydrogens is 350 g/mol. The van der Waals surface area contributed by atoms with Gasteiger partial charge in [0.2, 0.25) is 0 Å². The lowest BCUT2D eigenvalue weighted by Crippen LogP contribution is -2.41. The molecule has 1 unspecified atom stereocenters. The highest BCUT2D eigenvalue weighted by Gasteiger charge is 2.35. The third-order valence-corrected chi connectivity index (χ3v) is 5.24. The molecule has 4 heteroatoms. The highest BCUT2D eigenvalue weighted by molar-refractivity contribution is 6.01. The Hall–Kier alpha value is -3.01. The second-order valence-electron chi connectivity index (χ2n) is 8.03. The van der Waals surface area contributed by atoms with Crippen LogP contribution in [0.5, 0.6) is 11.5 Å². The van der Waals surface area contributed by atoms with Gasteiger partial charge in [-0.25, -0.2) is 0 Å². The molecule has 28 heavy (non-hydrogen) atoms. The summed E-state index contributed by atoms with van der Waals surface area (Å²) in [7, 11) is 1.59. The van der Waals surface area contributed by atoms with Gasteiger partial charge in [0.05, 0.1) is 18.7 Å². The zero-order valence-corrected chi connectivity index (χ0v) is 16.7. The number of rotatable bonds is 3. The second-order valence-corrected chi connectivity index (χ2v) is 8.03. The summed E-state index contributed by atoms with van der Waals surface area (Å²) < 4.78 is 11.6. The van der Waals surface area contributed by atoms with Crippen LogP contribution in [0.2, 0.25) is 0 Å². The van der Waals surface area contributed by atoms with Crippen LogP contribution in [0.1, 0.15) is 47.8 Å². The fraction of sp³-hybridized carbons (Fsp3) is 0.292. The minimum absolute atomic E-state index is 0.123. The molecular formula is C24H25NO3. The molecule has 1 N–H and O–H groups in total. The van der Waals surface area contributed by atoms with Gasteiger partial charge in [-0.3, -0.25) is 4.79 Å². The molecule has 1 aliphatic heterocycles.